The van der Waals surface area contributed by atoms with Gasteiger partial charge in [-0.2, -0.15) is 5.10 Å². The summed E-state index contributed by atoms with van der Waals surface area (Å²) in [6, 6.07) is 1.37. The molecule has 2 fully saturated rings. The molecule has 0 radical (unpaired) electrons. The van der Waals surface area contributed by atoms with Crippen LogP contribution in [0.4, 0.5) is 0 Å². The zero-order valence-corrected chi connectivity index (χ0v) is 19.1. The third-order valence-corrected chi connectivity index (χ3v) is 6.73. The predicted molar refractivity (Wildman–Crippen MR) is 121 cm³/mol. The van der Waals surface area contributed by atoms with E-state index in [1.54, 1.807) is 0 Å². The molecule has 29 heavy (non-hydrogen) atoms. The van der Waals surface area contributed by atoms with Gasteiger partial charge in [-0.3, -0.25) is 4.68 Å². The van der Waals surface area contributed by atoms with E-state index >= 15 is 0 Å². The first-order chi connectivity index (χ1) is 14.2. The number of hydrogen-bond donors (Lipinski definition) is 2. The van der Waals surface area contributed by atoms with Crippen molar-refractivity contribution in [3.8, 4) is 0 Å². The second-order valence-electron chi connectivity index (χ2n) is 8.64. The van der Waals surface area contributed by atoms with Crippen LogP contribution in [0, 0.1) is 0 Å². The number of guanidine groups is 1. The summed E-state index contributed by atoms with van der Waals surface area (Å²) in [7, 11) is 2.05. The van der Waals surface area contributed by atoms with Crippen LogP contribution in [0.2, 0.25) is 0 Å². The summed E-state index contributed by atoms with van der Waals surface area (Å²) >= 11 is 0. The van der Waals surface area contributed by atoms with Gasteiger partial charge in [-0.05, 0) is 45.4 Å². The van der Waals surface area contributed by atoms with Crippen molar-refractivity contribution in [1.82, 2.24) is 25.3 Å². The Morgan fingerprint density at radius 1 is 1.03 bits per heavy atom. The lowest BCUT2D eigenvalue weighted by Crippen LogP contribution is -2.51. The summed E-state index contributed by atoms with van der Waals surface area (Å²) in [6.07, 6.45) is 11.5. The first-order valence-electron chi connectivity index (χ1n) is 12.0. The van der Waals surface area contributed by atoms with Gasteiger partial charge in [0.15, 0.2) is 5.96 Å². The molecule has 0 atom stereocenters. The molecule has 1 saturated heterocycles. The molecular weight excluding hydrogens is 360 g/mol. The standard InChI is InChI=1S/C23H42N6/c1-5-21-20(22(6-2)28(4)27-21)17-25-23(24-7-3)26-18-13-15-29(16-14-18)19-11-9-8-10-12-19/h18-19H,5-17H2,1-4H3,(H2,24,25,26). The molecule has 0 spiro atoms. The smallest absolute Gasteiger partial charge is 0.191 e. The van der Waals surface area contributed by atoms with Crippen LogP contribution in [0.25, 0.3) is 0 Å². The monoisotopic (exact) mass is 402 g/mol. The minimum Gasteiger partial charge on any atom is -0.357 e. The Balaban J connectivity index is 1.58. The number of piperidine rings is 1. The third-order valence-electron chi connectivity index (χ3n) is 6.73. The van der Waals surface area contributed by atoms with Crippen molar-refractivity contribution in [1.29, 1.82) is 0 Å². The lowest BCUT2D eigenvalue weighted by molar-refractivity contribution is 0.119. The first-order valence-corrected chi connectivity index (χ1v) is 12.0. The van der Waals surface area contributed by atoms with E-state index in [4.69, 9.17) is 10.1 Å². The van der Waals surface area contributed by atoms with E-state index in [1.165, 1.54) is 75.0 Å². The molecule has 1 aliphatic heterocycles. The Morgan fingerprint density at radius 3 is 2.38 bits per heavy atom. The van der Waals surface area contributed by atoms with Gasteiger partial charge in [-0.1, -0.05) is 33.1 Å². The van der Waals surface area contributed by atoms with Crippen molar-refractivity contribution in [2.24, 2.45) is 12.0 Å². The minimum absolute atomic E-state index is 0.526. The Morgan fingerprint density at radius 2 is 1.76 bits per heavy atom. The minimum atomic E-state index is 0.526. The highest BCUT2D eigenvalue weighted by atomic mass is 15.3. The molecule has 3 rings (SSSR count). The number of nitrogens with one attached hydrogen (secondary N) is 2. The summed E-state index contributed by atoms with van der Waals surface area (Å²) in [5.41, 5.74) is 3.80. The van der Waals surface area contributed by atoms with Crippen LogP contribution in [0.3, 0.4) is 0 Å². The van der Waals surface area contributed by atoms with Gasteiger partial charge in [0.1, 0.15) is 0 Å². The molecule has 1 aliphatic carbocycles. The van der Waals surface area contributed by atoms with Crippen molar-refractivity contribution in [2.45, 2.75) is 97.2 Å². The zero-order valence-electron chi connectivity index (χ0n) is 19.1. The van der Waals surface area contributed by atoms with E-state index in [0.717, 1.165) is 31.4 Å². The summed E-state index contributed by atoms with van der Waals surface area (Å²) in [6.45, 7) is 10.6. The quantitative estimate of drug-likeness (QED) is 0.542. The molecule has 1 aromatic rings. The highest BCUT2D eigenvalue weighted by Crippen LogP contribution is 2.25. The predicted octanol–water partition coefficient (Wildman–Crippen LogP) is 3.40. The second kappa shape index (κ2) is 11.0. The fourth-order valence-electron chi connectivity index (χ4n) is 5.10. The molecule has 2 aliphatic rings. The third kappa shape index (κ3) is 5.74. The Kier molecular flexibility index (Phi) is 8.40. The molecule has 1 aromatic heterocycles. The van der Waals surface area contributed by atoms with Crippen LogP contribution in [0.5, 0.6) is 0 Å². The summed E-state index contributed by atoms with van der Waals surface area (Å²) < 4.78 is 2.03. The van der Waals surface area contributed by atoms with Gasteiger partial charge in [0.2, 0.25) is 0 Å². The molecular formula is C23H42N6. The second-order valence-corrected chi connectivity index (χ2v) is 8.64. The number of aryl methyl sites for hydroxylation is 2. The van der Waals surface area contributed by atoms with Crippen LogP contribution >= 0.6 is 0 Å². The SMILES string of the molecule is CCNC(=NCc1c(CC)nn(C)c1CC)NC1CCN(C2CCCCC2)CC1. The molecule has 2 N–H and O–H groups in total. The van der Waals surface area contributed by atoms with Gasteiger partial charge in [0, 0.05) is 50.0 Å². The number of hydrogen-bond acceptors (Lipinski definition) is 3. The summed E-state index contributed by atoms with van der Waals surface area (Å²) in [5, 5.41) is 11.9. The summed E-state index contributed by atoms with van der Waals surface area (Å²) in [4.78, 5) is 7.69. The molecule has 0 bridgehead atoms. The lowest BCUT2D eigenvalue weighted by Gasteiger charge is -2.39. The first kappa shape index (κ1) is 22.1. The van der Waals surface area contributed by atoms with Crippen molar-refractivity contribution in [2.75, 3.05) is 19.6 Å². The van der Waals surface area contributed by atoms with Crippen LogP contribution in [-0.4, -0.2) is 52.4 Å². The average molecular weight is 403 g/mol. The Labute approximate surface area is 177 Å². The van der Waals surface area contributed by atoms with Crippen LogP contribution in [-0.2, 0) is 26.4 Å². The van der Waals surface area contributed by atoms with Gasteiger partial charge in [0.05, 0.1) is 12.2 Å². The molecule has 2 heterocycles. The molecule has 0 unspecified atom stereocenters. The fourth-order valence-corrected chi connectivity index (χ4v) is 5.10. The number of rotatable bonds is 7. The van der Waals surface area contributed by atoms with Crippen molar-refractivity contribution < 1.29 is 0 Å². The van der Waals surface area contributed by atoms with Gasteiger partial charge < -0.3 is 15.5 Å². The van der Waals surface area contributed by atoms with Crippen LogP contribution < -0.4 is 10.6 Å². The fraction of sp³-hybridized carbons (Fsp3) is 0.826. The van der Waals surface area contributed by atoms with Crippen molar-refractivity contribution >= 4 is 5.96 Å². The number of aliphatic imine (C=N–C) groups is 1. The van der Waals surface area contributed by atoms with E-state index in [9.17, 15) is 0 Å². The van der Waals surface area contributed by atoms with E-state index in [1.807, 2.05) is 4.68 Å². The largest absolute Gasteiger partial charge is 0.357 e. The number of nitrogens with zero attached hydrogens (tertiary/aromatic N) is 4. The molecule has 6 heteroatoms. The normalized spacial score (nSPS) is 20.2. The molecule has 0 amide bonds. The Bertz CT molecular complexity index is 651. The highest BCUT2D eigenvalue weighted by molar-refractivity contribution is 5.80. The van der Waals surface area contributed by atoms with E-state index in [0.29, 0.717) is 12.6 Å². The number of likely N-dealkylation sites (tertiary alicyclic amines) is 1. The average Bonchev–Trinajstić information content (AvgIpc) is 3.07. The van der Waals surface area contributed by atoms with Crippen LogP contribution in [0.1, 0.15) is 82.7 Å². The lowest BCUT2D eigenvalue weighted by atomic mass is 9.92. The van der Waals surface area contributed by atoms with Gasteiger partial charge in [-0.25, -0.2) is 4.99 Å². The van der Waals surface area contributed by atoms with Gasteiger partial charge in [0.25, 0.3) is 0 Å². The highest BCUT2D eigenvalue weighted by Gasteiger charge is 2.26. The van der Waals surface area contributed by atoms with Gasteiger partial charge in [-0.15, -0.1) is 0 Å². The maximum Gasteiger partial charge on any atom is 0.191 e. The zero-order chi connectivity index (χ0) is 20.6. The van der Waals surface area contributed by atoms with E-state index in [-0.39, 0.29) is 0 Å². The molecule has 1 saturated carbocycles. The Hall–Kier alpha value is -1.56. The molecule has 164 valence electrons. The van der Waals surface area contributed by atoms with Crippen LogP contribution in [0.15, 0.2) is 4.99 Å². The maximum atomic E-state index is 4.94. The van der Waals surface area contributed by atoms with Crippen molar-refractivity contribution in [3.63, 3.8) is 0 Å². The topological polar surface area (TPSA) is 57.5 Å². The summed E-state index contributed by atoms with van der Waals surface area (Å²) in [5.74, 6) is 0.955. The van der Waals surface area contributed by atoms with Crippen molar-refractivity contribution in [3.05, 3.63) is 17.0 Å². The van der Waals surface area contributed by atoms with E-state index in [2.05, 4.69) is 43.4 Å². The maximum absolute atomic E-state index is 4.94. The number of aromatic nitrogens is 2. The molecule has 6 nitrogen and oxygen atoms in total. The van der Waals surface area contributed by atoms with Gasteiger partial charge >= 0.3 is 0 Å². The molecule has 0 aromatic carbocycles. The van der Waals surface area contributed by atoms with E-state index < -0.39 is 0 Å².